The third-order valence-electron chi connectivity index (χ3n) is 3.99. The summed E-state index contributed by atoms with van der Waals surface area (Å²) in [6, 6.07) is 6.69. The van der Waals surface area contributed by atoms with Crippen molar-refractivity contribution in [3.05, 3.63) is 47.8 Å². The van der Waals surface area contributed by atoms with Gasteiger partial charge in [-0.15, -0.1) is 0 Å². The monoisotopic (exact) mass is 329 g/mol. The average Bonchev–Trinajstić information content (AvgIpc) is 3.01. The lowest BCUT2D eigenvalue weighted by Crippen LogP contribution is -2.49. The summed E-state index contributed by atoms with van der Waals surface area (Å²) in [5.41, 5.74) is 2.45. The van der Waals surface area contributed by atoms with Crippen LogP contribution < -0.4 is 0 Å². The molecule has 1 unspecified atom stereocenters. The third kappa shape index (κ3) is 3.46. The molecule has 1 N–H and O–H groups in total. The van der Waals surface area contributed by atoms with Gasteiger partial charge in [0.05, 0.1) is 37.6 Å². The van der Waals surface area contributed by atoms with Gasteiger partial charge in [0.15, 0.2) is 0 Å². The largest absolute Gasteiger partial charge is 0.481 e. The quantitative estimate of drug-likeness (QED) is 0.919. The number of hydrogen-bond acceptors (Lipinski definition) is 4. The van der Waals surface area contributed by atoms with E-state index in [9.17, 15) is 9.59 Å². The molecule has 1 aromatic heterocycles. The number of aromatic nitrogens is 2. The molecule has 0 aliphatic carbocycles. The highest BCUT2D eigenvalue weighted by Gasteiger charge is 2.29. The van der Waals surface area contributed by atoms with Crippen LogP contribution in [0.5, 0.6) is 0 Å². The van der Waals surface area contributed by atoms with Crippen LogP contribution in [0.4, 0.5) is 0 Å². The summed E-state index contributed by atoms with van der Waals surface area (Å²) in [6.45, 7) is 3.04. The first-order chi connectivity index (χ1) is 11.5. The SMILES string of the molecule is Cc1cnn(-c2ccc(C(=O)N3CCOCC3CC(=O)O)cc2)c1. The molecule has 1 fully saturated rings. The normalized spacial score (nSPS) is 17.7. The van der Waals surface area contributed by atoms with Crippen LogP contribution in [-0.2, 0) is 9.53 Å². The average molecular weight is 329 g/mol. The zero-order valence-corrected chi connectivity index (χ0v) is 13.4. The number of nitrogens with zero attached hydrogens (tertiary/aromatic N) is 3. The second-order valence-electron chi connectivity index (χ2n) is 5.83. The van der Waals surface area contributed by atoms with Crippen molar-refractivity contribution in [2.75, 3.05) is 19.8 Å². The number of carbonyl (C=O) groups excluding carboxylic acids is 1. The van der Waals surface area contributed by atoms with E-state index in [-0.39, 0.29) is 18.9 Å². The topological polar surface area (TPSA) is 84.7 Å². The van der Waals surface area contributed by atoms with Gasteiger partial charge < -0.3 is 14.7 Å². The van der Waals surface area contributed by atoms with Crippen molar-refractivity contribution in [3.8, 4) is 5.69 Å². The maximum absolute atomic E-state index is 12.7. The minimum Gasteiger partial charge on any atom is -0.481 e. The highest BCUT2D eigenvalue weighted by molar-refractivity contribution is 5.95. The van der Waals surface area contributed by atoms with Gasteiger partial charge in [-0.25, -0.2) is 4.68 Å². The van der Waals surface area contributed by atoms with Crippen LogP contribution in [0.1, 0.15) is 22.3 Å². The highest BCUT2D eigenvalue weighted by Crippen LogP contribution is 2.17. The van der Waals surface area contributed by atoms with Crippen molar-refractivity contribution in [3.63, 3.8) is 0 Å². The van der Waals surface area contributed by atoms with Crippen molar-refractivity contribution >= 4 is 11.9 Å². The fourth-order valence-electron chi connectivity index (χ4n) is 2.77. The molecule has 0 radical (unpaired) electrons. The standard InChI is InChI=1S/C17H19N3O4/c1-12-9-18-20(10-12)14-4-2-13(3-5-14)17(23)19-6-7-24-11-15(19)8-16(21)22/h2-5,9-10,15H,6-8,11H2,1H3,(H,21,22). The van der Waals surface area contributed by atoms with Crippen LogP contribution in [0.25, 0.3) is 5.69 Å². The van der Waals surface area contributed by atoms with Crippen molar-refractivity contribution in [2.24, 2.45) is 0 Å². The Labute approximate surface area is 139 Å². The number of aryl methyl sites for hydroxylation is 1. The van der Waals surface area contributed by atoms with E-state index in [1.807, 2.05) is 25.3 Å². The lowest BCUT2D eigenvalue weighted by Gasteiger charge is -2.34. The van der Waals surface area contributed by atoms with E-state index in [1.165, 1.54) is 0 Å². The van der Waals surface area contributed by atoms with E-state index in [0.29, 0.717) is 18.7 Å². The van der Waals surface area contributed by atoms with Crippen molar-refractivity contribution in [1.82, 2.24) is 14.7 Å². The molecule has 24 heavy (non-hydrogen) atoms. The number of amides is 1. The Hall–Kier alpha value is -2.67. The molecular weight excluding hydrogens is 310 g/mol. The molecule has 2 aromatic rings. The summed E-state index contributed by atoms with van der Waals surface area (Å²) in [5.74, 6) is -1.11. The van der Waals surface area contributed by atoms with E-state index in [1.54, 1.807) is 27.9 Å². The van der Waals surface area contributed by atoms with E-state index in [4.69, 9.17) is 9.84 Å². The Kier molecular flexibility index (Phi) is 4.61. The Morgan fingerprint density at radius 2 is 2.08 bits per heavy atom. The molecule has 1 amide bonds. The van der Waals surface area contributed by atoms with Gasteiger partial charge in [-0.3, -0.25) is 9.59 Å². The first kappa shape index (κ1) is 16.2. The van der Waals surface area contributed by atoms with Crippen LogP contribution in [0, 0.1) is 6.92 Å². The molecule has 1 atom stereocenters. The Balaban J connectivity index is 1.77. The molecule has 2 heterocycles. The fourth-order valence-corrected chi connectivity index (χ4v) is 2.77. The maximum atomic E-state index is 12.7. The molecule has 7 heteroatoms. The Bertz CT molecular complexity index is 739. The molecule has 0 saturated carbocycles. The number of carboxylic acid groups (broad SMARTS) is 1. The molecule has 1 aromatic carbocycles. The van der Waals surface area contributed by atoms with Crippen LogP contribution in [0.2, 0.25) is 0 Å². The fraction of sp³-hybridized carbons (Fsp3) is 0.353. The summed E-state index contributed by atoms with van der Waals surface area (Å²) >= 11 is 0. The van der Waals surface area contributed by atoms with E-state index in [2.05, 4.69) is 5.10 Å². The smallest absolute Gasteiger partial charge is 0.305 e. The summed E-state index contributed by atoms with van der Waals surface area (Å²) in [5, 5.41) is 13.2. The number of carboxylic acids is 1. The highest BCUT2D eigenvalue weighted by atomic mass is 16.5. The predicted octanol–water partition coefficient (Wildman–Crippen LogP) is 1.50. The summed E-state index contributed by atoms with van der Waals surface area (Å²) in [4.78, 5) is 25.3. The zero-order chi connectivity index (χ0) is 17.1. The molecule has 126 valence electrons. The lowest BCUT2D eigenvalue weighted by molar-refractivity contribution is -0.139. The number of benzene rings is 1. The van der Waals surface area contributed by atoms with Crippen LogP contribution >= 0.6 is 0 Å². The minimum atomic E-state index is -0.937. The molecule has 1 aliphatic heterocycles. The van der Waals surface area contributed by atoms with Gasteiger partial charge in [0.2, 0.25) is 0 Å². The summed E-state index contributed by atoms with van der Waals surface area (Å²) in [6.07, 6.45) is 3.56. The molecule has 7 nitrogen and oxygen atoms in total. The number of rotatable bonds is 4. The van der Waals surface area contributed by atoms with Gasteiger partial charge >= 0.3 is 5.97 Å². The zero-order valence-electron chi connectivity index (χ0n) is 13.4. The summed E-state index contributed by atoms with van der Waals surface area (Å²) in [7, 11) is 0. The third-order valence-corrected chi connectivity index (χ3v) is 3.99. The molecule has 1 saturated heterocycles. The second kappa shape index (κ2) is 6.84. The van der Waals surface area contributed by atoms with Crippen LogP contribution in [0.3, 0.4) is 0 Å². The van der Waals surface area contributed by atoms with Gasteiger partial charge in [-0.1, -0.05) is 0 Å². The van der Waals surface area contributed by atoms with Gasteiger partial charge in [0.25, 0.3) is 5.91 Å². The first-order valence-corrected chi connectivity index (χ1v) is 7.77. The predicted molar refractivity (Wildman–Crippen MR) is 86.2 cm³/mol. The van der Waals surface area contributed by atoms with Gasteiger partial charge in [-0.05, 0) is 36.8 Å². The van der Waals surface area contributed by atoms with Crippen LogP contribution in [-0.4, -0.2) is 57.5 Å². The minimum absolute atomic E-state index is 0.115. The van der Waals surface area contributed by atoms with E-state index in [0.717, 1.165) is 11.3 Å². The molecule has 0 spiro atoms. The first-order valence-electron chi connectivity index (χ1n) is 7.77. The summed E-state index contributed by atoms with van der Waals surface area (Å²) < 4.78 is 7.05. The number of aliphatic carboxylic acids is 1. The molecule has 3 rings (SSSR count). The number of morpholine rings is 1. The Morgan fingerprint density at radius 3 is 2.71 bits per heavy atom. The molecule has 1 aliphatic rings. The van der Waals surface area contributed by atoms with Crippen molar-refractivity contribution in [1.29, 1.82) is 0 Å². The lowest BCUT2D eigenvalue weighted by atomic mass is 10.1. The van der Waals surface area contributed by atoms with E-state index >= 15 is 0 Å². The number of ether oxygens (including phenoxy) is 1. The maximum Gasteiger partial charge on any atom is 0.305 e. The van der Waals surface area contributed by atoms with Crippen molar-refractivity contribution in [2.45, 2.75) is 19.4 Å². The Morgan fingerprint density at radius 1 is 1.33 bits per heavy atom. The van der Waals surface area contributed by atoms with Gasteiger partial charge in [0, 0.05) is 18.3 Å². The van der Waals surface area contributed by atoms with E-state index < -0.39 is 12.0 Å². The molecular formula is C17H19N3O4. The van der Waals surface area contributed by atoms with Gasteiger partial charge in [0.1, 0.15) is 0 Å². The van der Waals surface area contributed by atoms with Gasteiger partial charge in [-0.2, -0.15) is 5.10 Å². The number of carbonyl (C=O) groups is 2. The van der Waals surface area contributed by atoms with Crippen LogP contribution in [0.15, 0.2) is 36.7 Å². The number of hydrogen-bond donors (Lipinski definition) is 1. The second-order valence-corrected chi connectivity index (χ2v) is 5.83. The molecule has 0 bridgehead atoms. The van der Waals surface area contributed by atoms with Crippen molar-refractivity contribution < 1.29 is 19.4 Å².